The van der Waals surface area contributed by atoms with Gasteiger partial charge in [0.1, 0.15) is 6.17 Å². The van der Waals surface area contributed by atoms with E-state index in [0.29, 0.717) is 5.91 Å². The Labute approximate surface area is 131 Å². The van der Waals surface area contributed by atoms with Crippen molar-refractivity contribution in [3.05, 3.63) is 35.9 Å². The van der Waals surface area contributed by atoms with Crippen LogP contribution < -0.4 is 5.32 Å². The van der Waals surface area contributed by atoms with Gasteiger partial charge in [0.2, 0.25) is 5.91 Å². The van der Waals surface area contributed by atoms with Crippen LogP contribution in [0.3, 0.4) is 0 Å². The molecule has 114 valence electrons. The summed E-state index contributed by atoms with van der Waals surface area (Å²) in [5, 5.41) is 3.68. The first kappa shape index (κ1) is 14.9. The molecule has 21 heavy (non-hydrogen) atoms. The van der Waals surface area contributed by atoms with Gasteiger partial charge in [-0.05, 0) is 36.8 Å². The fourth-order valence-corrected chi connectivity index (χ4v) is 4.06. The molecule has 1 saturated carbocycles. The Kier molecular flexibility index (Phi) is 4.55. The van der Waals surface area contributed by atoms with Crippen molar-refractivity contribution in [3.8, 4) is 0 Å². The average molecular weight is 304 g/mol. The Balaban J connectivity index is 1.83. The number of carbonyl (C=O) groups excluding carboxylic acids is 1. The molecule has 1 heterocycles. The van der Waals surface area contributed by atoms with Crippen molar-refractivity contribution in [2.24, 2.45) is 0 Å². The molecule has 1 aromatic carbocycles. The summed E-state index contributed by atoms with van der Waals surface area (Å²) in [5.41, 5.74) is 0.929. The summed E-state index contributed by atoms with van der Waals surface area (Å²) in [4.78, 5) is 15.0. The molecule has 1 aliphatic carbocycles. The van der Waals surface area contributed by atoms with E-state index in [9.17, 15) is 4.79 Å². The predicted octanol–water partition coefficient (Wildman–Crippen LogP) is 3.18. The molecule has 2 fully saturated rings. The summed E-state index contributed by atoms with van der Waals surface area (Å²) >= 11 is 1.85. The third-order valence-electron chi connectivity index (χ3n) is 4.71. The van der Waals surface area contributed by atoms with E-state index in [-0.39, 0.29) is 11.7 Å². The predicted molar refractivity (Wildman–Crippen MR) is 88.2 cm³/mol. The number of hydrogen-bond acceptors (Lipinski definition) is 3. The number of rotatable bonds is 5. The van der Waals surface area contributed by atoms with Crippen LogP contribution in [0.5, 0.6) is 0 Å². The molecule has 1 aliphatic heterocycles. The number of carbonyl (C=O) groups is 1. The van der Waals surface area contributed by atoms with Gasteiger partial charge in [-0.15, -0.1) is 0 Å². The van der Waals surface area contributed by atoms with Crippen LogP contribution in [0.25, 0.3) is 0 Å². The third-order valence-corrected chi connectivity index (χ3v) is 5.41. The molecule has 2 aliphatic rings. The molecule has 0 bridgehead atoms. The van der Waals surface area contributed by atoms with E-state index in [4.69, 9.17) is 0 Å². The van der Waals surface area contributed by atoms with Gasteiger partial charge in [0.25, 0.3) is 0 Å². The van der Waals surface area contributed by atoms with Gasteiger partial charge in [-0.2, -0.15) is 11.8 Å². The van der Waals surface area contributed by atoms with E-state index in [1.807, 2.05) is 17.8 Å². The summed E-state index contributed by atoms with van der Waals surface area (Å²) in [5.74, 6) is 1.44. The second-order valence-corrected chi connectivity index (χ2v) is 7.08. The Bertz CT molecular complexity index is 485. The molecule has 3 rings (SSSR count). The van der Waals surface area contributed by atoms with Gasteiger partial charge in [-0.25, -0.2) is 0 Å². The summed E-state index contributed by atoms with van der Waals surface area (Å²) in [6, 6.07) is 10.4. The second-order valence-electron chi connectivity index (χ2n) is 6.09. The minimum atomic E-state index is -0.278. The smallest absolute Gasteiger partial charge is 0.244 e. The zero-order chi connectivity index (χ0) is 14.7. The third kappa shape index (κ3) is 2.84. The normalized spacial score (nSPS) is 24.1. The van der Waals surface area contributed by atoms with Crippen molar-refractivity contribution in [3.63, 3.8) is 0 Å². The first-order valence-electron chi connectivity index (χ1n) is 7.89. The van der Waals surface area contributed by atoms with Gasteiger partial charge >= 0.3 is 0 Å². The van der Waals surface area contributed by atoms with Gasteiger partial charge in [0.05, 0.1) is 5.54 Å². The van der Waals surface area contributed by atoms with E-state index in [2.05, 4.69) is 40.7 Å². The van der Waals surface area contributed by atoms with Crippen molar-refractivity contribution in [2.45, 2.75) is 43.8 Å². The van der Waals surface area contributed by atoms with Gasteiger partial charge in [0, 0.05) is 6.54 Å². The van der Waals surface area contributed by atoms with Crippen LogP contribution >= 0.6 is 11.8 Å². The summed E-state index contributed by atoms with van der Waals surface area (Å²) in [7, 11) is 0. The molecule has 1 spiro atoms. The van der Waals surface area contributed by atoms with Crippen molar-refractivity contribution >= 4 is 17.7 Å². The zero-order valence-corrected chi connectivity index (χ0v) is 13.5. The van der Waals surface area contributed by atoms with Gasteiger partial charge in [0.15, 0.2) is 0 Å². The average Bonchev–Trinajstić information content (AvgIpc) is 3.09. The summed E-state index contributed by atoms with van der Waals surface area (Å²) in [6.45, 7) is 0.855. The first-order chi connectivity index (χ1) is 10.3. The fraction of sp³-hybridized carbons (Fsp3) is 0.588. The molecule has 0 aromatic heterocycles. The van der Waals surface area contributed by atoms with E-state index < -0.39 is 0 Å². The maximum atomic E-state index is 13.0. The zero-order valence-electron chi connectivity index (χ0n) is 12.7. The van der Waals surface area contributed by atoms with Crippen LogP contribution in [0, 0.1) is 0 Å². The number of thioether (sulfide) groups is 1. The Morgan fingerprint density at radius 3 is 2.67 bits per heavy atom. The number of nitrogens with zero attached hydrogens (tertiary/aromatic N) is 1. The lowest BCUT2D eigenvalue weighted by molar-refractivity contribution is -0.133. The highest BCUT2D eigenvalue weighted by Crippen LogP contribution is 2.40. The molecule has 4 heteroatoms. The lowest BCUT2D eigenvalue weighted by atomic mass is 9.98. The monoisotopic (exact) mass is 304 g/mol. The number of hydrogen-bond donors (Lipinski definition) is 1. The van der Waals surface area contributed by atoms with Crippen LogP contribution in [0.15, 0.2) is 30.3 Å². The Morgan fingerprint density at radius 2 is 2.00 bits per heavy atom. The summed E-state index contributed by atoms with van der Waals surface area (Å²) in [6.07, 6.45) is 7.56. The fourth-order valence-electron chi connectivity index (χ4n) is 3.64. The molecule has 3 nitrogen and oxygen atoms in total. The Hall–Kier alpha value is -1.00. The number of benzene rings is 1. The van der Waals surface area contributed by atoms with E-state index >= 15 is 0 Å². The lowest BCUT2D eigenvalue weighted by Gasteiger charge is -2.24. The highest BCUT2D eigenvalue weighted by Gasteiger charge is 2.52. The topological polar surface area (TPSA) is 32.3 Å². The maximum absolute atomic E-state index is 13.0. The number of nitrogens with one attached hydrogen (secondary N) is 1. The SMILES string of the molecule is CSCCCN1C(=O)C2(CCCC2)NC1c1ccccc1. The Morgan fingerprint density at radius 1 is 1.29 bits per heavy atom. The molecule has 1 atom stereocenters. The van der Waals surface area contributed by atoms with Crippen molar-refractivity contribution in [2.75, 3.05) is 18.6 Å². The first-order valence-corrected chi connectivity index (χ1v) is 9.29. The maximum Gasteiger partial charge on any atom is 0.244 e. The van der Waals surface area contributed by atoms with E-state index in [1.54, 1.807) is 0 Å². The second kappa shape index (κ2) is 6.41. The van der Waals surface area contributed by atoms with Crippen LogP contribution in [0.2, 0.25) is 0 Å². The van der Waals surface area contributed by atoms with Crippen LogP contribution in [0.4, 0.5) is 0 Å². The van der Waals surface area contributed by atoms with Crippen molar-refractivity contribution < 1.29 is 4.79 Å². The molecule has 1 N–H and O–H groups in total. The molecular weight excluding hydrogens is 280 g/mol. The lowest BCUT2D eigenvalue weighted by Crippen LogP contribution is -2.44. The van der Waals surface area contributed by atoms with Crippen LogP contribution in [-0.2, 0) is 4.79 Å². The van der Waals surface area contributed by atoms with Crippen molar-refractivity contribution in [1.29, 1.82) is 0 Å². The van der Waals surface area contributed by atoms with Gasteiger partial charge in [-0.3, -0.25) is 10.1 Å². The van der Waals surface area contributed by atoms with Gasteiger partial charge < -0.3 is 4.90 Å². The van der Waals surface area contributed by atoms with Crippen LogP contribution in [-0.4, -0.2) is 34.9 Å². The molecule has 1 amide bonds. The van der Waals surface area contributed by atoms with E-state index in [1.165, 1.54) is 18.4 Å². The summed E-state index contributed by atoms with van der Waals surface area (Å²) < 4.78 is 0. The largest absolute Gasteiger partial charge is 0.321 e. The number of amides is 1. The molecule has 1 saturated heterocycles. The standard InChI is InChI=1S/C17H24N2OS/c1-21-13-7-12-19-15(14-8-3-2-4-9-14)18-17(16(19)20)10-5-6-11-17/h2-4,8-9,15,18H,5-7,10-13H2,1H3. The molecule has 0 radical (unpaired) electrons. The minimum absolute atomic E-state index is 0.0543. The quantitative estimate of drug-likeness (QED) is 0.848. The molecule has 1 unspecified atom stereocenters. The molecule has 1 aromatic rings. The minimum Gasteiger partial charge on any atom is -0.321 e. The molecular formula is C17H24N2OS. The highest BCUT2D eigenvalue weighted by molar-refractivity contribution is 7.98. The van der Waals surface area contributed by atoms with Crippen LogP contribution in [0.1, 0.15) is 43.8 Å². The van der Waals surface area contributed by atoms with E-state index in [0.717, 1.165) is 31.6 Å². The van der Waals surface area contributed by atoms with Gasteiger partial charge in [-0.1, -0.05) is 43.2 Å². The highest BCUT2D eigenvalue weighted by atomic mass is 32.2. The van der Waals surface area contributed by atoms with Crippen molar-refractivity contribution in [1.82, 2.24) is 10.2 Å².